The van der Waals surface area contributed by atoms with Crippen molar-refractivity contribution in [3.8, 4) is 0 Å². The molecule has 2 unspecified atom stereocenters. The highest BCUT2D eigenvalue weighted by atomic mass is 16.5. The molecular weight excluding hydrogens is 150 g/mol. The first kappa shape index (κ1) is 10.0. The zero-order valence-corrected chi connectivity index (χ0v) is 8.31. The molecule has 0 spiro atoms. The normalized spacial score (nSPS) is 30.5. The van der Waals surface area contributed by atoms with Crippen molar-refractivity contribution in [2.24, 2.45) is 0 Å². The van der Waals surface area contributed by atoms with Gasteiger partial charge in [-0.25, -0.2) is 0 Å². The van der Waals surface area contributed by atoms with E-state index >= 15 is 0 Å². The van der Waals surface area contributed by atoms with Crippen molar-refractivity contribution in [3.63, 3.8) is 0 Å². The standard InChI is InChI=1S/C10H21NO/c1-3-4-5-6-10-8-11-7-9(2)12-10/h9-11H,3-8H2,1-2H3. The Morgan fingerprint density at radius 3 is 2.83 bits per heavy atom. The Morgan fingerprint density at radius 1 is 1.33 bits per heavy atom. The zero-order chi connectivity index (χ0) is 8.81. The molecule has 0 aromatic carbocycles. The van der Waals surface area contributed by atoms with Gasteiger partial charge in [0.15, 0.2) is 0 Å². The quantitative estimate of drug-likeness (QED) is 0.653. The van der Waals surface area contributed by atoms with Gasteiger partial charge in [0.1, 0.15) is 0 Å². The number of hydrogen-bond acceptors (Lipinski definition) is 2. The maximum Gasteiger partial charge on any atom is 0.0703 e. The average Bonchev–Trinajstić information content (AvgIpc) is 2.05. The van der Waals surface area contributed by atoms with Crippen LogP contribution in [0.2, 0.25) is 0 Å². The van der Waals surface area contributed by atoms with E-state index in [1.807, 2.05) is 0 Å². The van der Waals surface area contributed by atoms with Gasteiger partial charge in [0.05, 0.1) is 12.2 Å². The number of nitrogens with one attached hydrogen (secondary N) is 1. The number of hydrogen-bond donors (Lipinski definition) is 1. The Kier molecular flexibility index (Phi) is 4.62. The number of rotatable bonds is 4. The van der Waals surface area contributed by atoms with E-state index in [0.717, 1.165) is 13.1 Å². The van der Waals surface area contributed by atoms with Crippen molar-refractivity contribution in [1.29, 1.82) is 0 Å². The fourth-order valence-electron chi connectivity index (χ4n) is 1.66. The van der Waals surface area contributed by atoms with Crippen molar-refractivity contribution < 1.29 is 4.74 Å². The molecule has 1 heterocycles. The summed E-state index contributed by atoms with van der Waals surface area (Å²) < 4.78 is 5.77. The Hall–Kier alpha value is -0.0800. The minimum atomic E-state index is 0.408. The average molecular weight is 171 g/mol. The summed E-state index contributed by atoms with van der Waals surface area (Å²) in [5, 5.41) is 3.39. The summed E-state index contributed by atoms with van der Waals surface area (Å²) in [5.74, 6) is 0. The molecular formula is C10H21NO. The minimum Gasteiger partial charge on any atom is -0.373 e. The van der Waals surface area contributed by atoms with E-state index in [0.29, 0.717) is 12.2 Å². The van der Waals surface area contributed by atoms with Crippen LogP contribution >= 0.6 is 0 Å². The van der Waals surface area contributed by atoms with Gasteiger partial charge in [-0.05, 0) is 13.3 Å². The molecule has 0 aliphatic carbocycles. The molecule has 2 heteroatoms. The third kappa shape index (κ3) is 3.55. The summed E-state index contributed by atoms with van der Waals surface area (Å²) in [4.78, 5) is 0. The molecule has 1 fully saturated rings. The summed E-state index contributed by atoms with van der Waals surface area (Å²) in [7, 11) is 0. The Labute approximate surface area is 75.7 Å². The van der Waals surface area contributed by atoms with Gasteiger partial charge >= 0.3 is 0 Å². The van der Waals surface area contributed by atoms with Crippen molar-refractivity contribution >= 4 is 0 Å². The Balaban J connectivity index is 2.06. The van der Waals surface area contributed by atoms with Gasteiger partial charge in [0.25, 0.3) is 0 Å². The summed E-state index contributed by atoms with van der Waals surface area (Å²) in [5.41, 5.74) is 0. The summed E-state index contributed by atoms with van der Waals surface area (Å²) in [6, 6.07) is 0. The maximum absolute atomic E-state index is 5.77. The molecule has 0 aromatic heterocycles. The van der Waals surface area contributed by atoms with E-state index < -0.39 is 0 Å². The first-order valence-corrected chi connectivity index (χ1v) is 5.19. The SMILES string of the molecule is CCCCCC1CNCC(C)O1. The van der Waals surface area contributed by atoms with Crippen LogP contribution < -0.4 is 5.32 Å². The molecule has 1 N–H and O–H groups in total. The Morgan fingerprint density at radius 2 is 2.17 bits per heavy atom. The van der Waals surface area contributed by atoms with Gasteiger partial charge < -0.3 is 10.1 Å². The second-order valence-corrected chi connectivity index (χ2v) is 3.72. The lowest BCUT2D eigenvalue weighted by molar-refractivity contribution is -0.0317. The second kappa shape index (κ2) is 5.55. The van der Waals surface area contributed by atoms with Crippen LogP contribution in [0.5, 0.6) is 0 Å². The molecule has 0 radical (unpaired) electrons. The van der Waals surface area contributed by atoms with Crippen LogP contribution in [0, 0.1) is 0 Å². The van der Waals surface area contributed by atoms with E-state index in [-0.39, 0.29) is 0 Å². The van der Waals surface area contributed by atoms with Crippen molar-refractivity contribution in [1.82, 2.24) is 5.32 Å². The maximum atomic E-state index is 5.77. The molecule has 0 amide bonds. The lowest BCUT2D eigenvalue weighted by Gasteiger charge is -2.28. The van der Waals surface area contributed by atoms with Crippen LogP contribution in [0.1, 0.15) is 39.5 Å². The highest BCUT2D eigenvalue weighted by Crippen LogP contribution is 2.10. The number of unbranched alkanes of at least 4 members (excludes halogenated alkanes) is 2. The van der Waals surface area contributed by atoms with Gasteiger partial charge in [0, 0.05) is 13.1 Å². The molecule has 1 rings (SSSR count). The highest BCUT2D eigenvalue weighted by molar-refractivity contribution is 4.71. The molecule has 0 saturated carbocycles. The molecule has 1 aliphatic heterocycles. The number of morpholine rings is 1. The molecule has 1 saturated heterocycles. The van der Waals surface area contributed by atoms with Crippen LogP contribution in [0.3, 0.4) is 0 Å². The molecule has 2 atom stereocenters. The topological polar surface area (TPSA) is 21.3 Å². The molecule has 1 aliphatic rings. The molecule has 0 bridgehead atoms. The van der Waals surface area contributed by atoms with Gasteiger partial charge in [-0.3, -0.25) is 0 Å². The van der Waals surface area contributed by atoms with Crippen LogP contribution in [-0.4, -0.2) is 25.3 Å². The molecule has 0 aromatic rings. The van der Waals surface area contributed by atoms with Gasteiger partial charge in [-0.1, -0.05) is 26.2 Å². The minimum absolute atomic E-state index is 0.408. The van der Waals surface area contributed by atoms with Crippen molar-refractivity contribution in [2.45, 2.75) is 51.7 Å². The smallest absolute Gasteiger partial charge is 0.0703 e. The summed E-state index contributed by atoms with van der Waals surface area (Å²) in [6.07, 6.45) is 6.07. The van der Waals surface area contributed by atoms with Gasteiger partial charge in [0.2, 0.25) is 0 Å². The predicted molar refractivity (Wildman–Crippen MR) is 51.3 cm³/mol. The van der Waals surface area contributed by atoms with Crippen molar-refractivity contribution in [2.75, 3.05) is 13.1 Å². The van der Waals surface area contributed by atoms with E-state index in [9.17, 15) is 0 Å². The van der Waals surface area contributed by atoms with E-state index in [4.69, 9.17) is 4.74 Å². The highest BCUT2D eigenvalue weighted by Gasteiger charge is 2.17. The van der Waals surface area contributed by atoms with E-state index in [2.05, 4.69) is 19.2 Å². The summed E-state index contributed by atoms with van der Waals surface area (Å²) >= 11 is 0. The van der Waals surface area contributed by atoms with E-state index in [1.165, 1.54) is 25.7 Å². The lowest BCUT2D eigenvalue weighted by atomic mass is 10.1. The molecule has 2 nitrogen and oxygen atoms in total. The molecule has 72 valence electrons. The lowest BCUT2D eigenvalue weighted by Crippen LogP contribution is -2.43. The number of ether oxygens (including phenoxy) is 1. The Bertz CT molecular complexity index is 116. The molecule has 12 heavy (non-hydrogen) atoms. The summed E-state index contributed by atoms with van der Waals surface area (Å²) in [6.45, 7) is 6.44. The third-order valence-corrected chi connectivity index (χ3v) is 2.36. The first-order chi connectivity index (χ1) is 5.83. The largest absolute Gasteiger partial charge is 0.373 e. The van der Waals surface area contributed by atoms with E-state index in [1.54, 1.807) is 0 Å². The van der Waals surface area contributed by atoms with Crippen LogP contribution in [0.25, 0.3) is 0 Å². The van der Waals surface area contributed by atoms with Crippen molar-refractivity contribution in [3.05, 3.63) is 0 Å². The fraction of sp³-hybridized carbons (Fsp3) is 1.00. The fourth-order valence-corrected chi connectivity index (χ4v) is 1.66. The van der Waals surface area contributed by atoms with Gasteiger partial charge in [-0.2, -0.15) is 0 Å². The predicted octanol–water partition coefficient (Wildman–Crippen LogP) is 1.94. The van der Waals surface area contributed by atoms with Crippen LogP contribution in [0.4, 0.5) is 0 Å². The third-order valence-electron chi connectivity index (χ3n) is 2.36. The van der Waals surface area contributed by atoms with Crippen LogP contribution in [-0.2, 0) is 4.74 Å². The van der Waals surface area contributed by atoms with Gasteiger partial charge in [-0.15, -0.1) is 0 Å². The first-order valence-electron chi connectivity index (χ1n) is 5.19. The monoisotopic (exact) mass is 171 g/mol. The van der Waals surface area contributed by atoms with Crippen LogP contribution in [0.15, 0.2) is 0 Å². The zero-order valence-electron chi connectivity index (χ0n) is 8.31. The second-order valence-electron chi connectivity index (χ2n) is 3.72.